The van der Waals surface area contributed by atoms with Crippen LogP contribution >= 0.6 is 0 Å². The van der Waals surface area contributed by atoms with Crippen molar-refractivity contribution in [1.82, 2.24) is 4.90 Å². The van der Waals surface area contributed by atoms with Crippen molar-refractivity contribution >= 4 is 0 Å². The third-order valence-electron chi connectivity index (χ3n) is 4.05. The molecule has 0 bridgehead atoms. The smallest absolute Gasteiger partial charge is 0.0863 e. The Hall–Kier alpha value is -0.160. The van der Waals surface area contributed by atoms with E-state index in [9.17, 15) is 0 Å². The molecule has 3 heterocycles. The maximum atomic E-state index is 5.98. The van der Waals surface area contributed by atoms with Gasteiger partial charge in [0, 0.05) is 31.6 Å². The van der Waals surface area contributed by atoms with Gasteiger partial charge in [-0.2, -0.15) is 0 Å². The molecule has 86 valence electrons. The minimum atomic E-state index is 0.382. The Morgan fingerprint density at radius 1 is 1.33 bits per heavy atom. The average Bonchev–Trinajstić information content (AvgIpc) is 2.72. The maximum absolute atomic E-state index is 5.98. The third-order valence-corrected chi connectivity index (χ3v) is 4.05. The van der Waals surface area contributed by atoms with Gasteiger partial charge in [-0.3, -0.25) is 4.90 Å². The van der Waals surface area contributed by atoms with E-state index in [2.05, 4.69) is 4.90 Å². The predicted octanol–water partition coefficient (Wildman–Crippen LogP) is -0.177. The molecule has 3 saturated heterocycles. The summed E-state index contributed by atoms with van der Waals surface area (Å²) in [7, 11) is 0. The molecule has 4 atom stereocenters. The topological polar surface area (TPSA) is 47.7 Å². The van der Waals surface area contributed by atoms with Gasteiger partial charge in [-0.15, -0.1) is 0 Å². The minimum Gasteiger partial charge on any atom is -0.378 e. The lowest BCUT2D eigenvalue weighted by Gasteiger charge is -2.41. The van der Waals surface area contributed by atoms with Gasteiger partial charge in [-0.05, 0) is 12.8 Å². The van der Waals surface area contributed by atoms with E-state index in [1.165, 1.54) is 19.4 Å². The lowest BCUT2D eigenvalue weighted by molar-refractivity contribution is -0.0211. The standard InChI is InChI=1S/C11H20N2O2/c12-4-9-1-2-13(9)5-10-3-8-6-14-7-11(8)15-10/h8-11H,1-7,12H2. The molecule has 4 nitrogen and oxygen atoms in total. The molecular formula is C11H20N2O2. The summed E-state index contributed by atoms with van der Waals surface area (Å²) in [5, 5.41) is 0. The fourth-order valence-corrected chi connectivity index (χ4v) is 2.97. The average molecular weight is 212 g/mol. The van der Waals surface area contributed by atoms with Gasteiger partial charge < -0.3 is 15.2 Å². The normalized spacial score (nSPS) is 45.4. The monoisotopic (exact) mass is 212 g/mol. The zero-order chi connectivity index (χ0) is 10.3. The Labute approximate surface area is 90.7 Å². The molecule has 0 aromatic heterocycles. The second-order valence-electron chi connectivity index (χ2n) is 5.00. The number of fused-ring (bicyclic) bond motifs is 1. The fourth-order valence-electron chi connectivity index (χ4n) is 2.97. The Morgan fingerprint density at radius 2 is 2.27 bits per heavy atom. The highest BCUT2D eigenvalue weighted by molar-refractivity contribution is 4.91. The molecule has 2 N–H and O–H groups in total. The summed E-state index contributed by atoms with van der Waals surface area (Å²) in [6.07, 6.45) is 3.25. The van der Waals surface area contributed by atoms with E-state index in [1.807, 2.05) is 0 Å². The molecule has 3 rings (SSSR count). The number of nitrogens with zero attached hydrogens (tertiary/aromatic N) is 1. The summed E-state index contributed by atoms with van der Waals surface area (Å²) >= 11 is 0. The first-order valence-electron chi connectivity index (χ1n) is 6.04. The quantitative estimate of drug-likeness (QED) is 0.705. The molecule has 3 aliphatic rings. The van der Waals surface area contributed by atoms with Crippen LogP contribution < -0.4 is 5.73 Å². The van der Waals surface area contributed by atoms with Crippen molar-refractivity contribution in [2.45, 2.75) is 31.1 Å². The molecule has 0 radical (unpaired) electrons. The largest absolute Gasteiger partial charge is 0.378 e. The van der Waals surface area contributed by atoms with Crippen LogP contribution in [-0.4, -0.2) is 56.0 Å². The Kier molecular flexibility index (Phi) is 2.68. The first-order chi connectivity index (χ1) is 7.36. The van der Waals surface area contributed by atoms with Crippen LogP contribution in [0.25, 0.3) is 0 Å². The molecule has 4 unspecified atom stereocenters. The fraction of sp³-hybridized carbons (Fsp3) is 1.00. The number of ether oxygens (including phenoxy) is 2. The summed E-state index contributed by atoms with van der Waals surface area (Å²) in [5.41, 5.74) is 5.69. The van der Waals surface area contributed by atoms with E-state index < -0.39 is 0 Å². The minimum absolute atomic E-state index is 0.382. The zero-order valence-corrected chi connectivity index (χ0v) is 9.10. The van der Waals surface area contributed by atoms with Gasteiger partial charge in [0.2, 0.25) is 0 Å². The van der Waals surface area contributed by atoms with Crippen molar-refractivity contribution < 1.29 is 9.47 Å². The van der Waals surface area contributed by atoms with Crippen LogP contribution in [0.2, 0.25) is 0 Å². The second-order valence-corrected chi connectivity index (χ2v) is 5.00. The summed E-state index contributed by atoms with van der Waals surface area (Å²) in [5.74, 6) is 0.660. The Bertz CT molecular complexity index is 223. The van der Waals surface area contributed by atoms with Gasteiger partial charge in [-0.1, -0.05) is 0 Å². The lowest BCUT2D eigenvalue weighted by Crippen LogP contribution is -2.54. The Balaban J connectivity index is 1.49. The zero-order valence-electron chi connectivity index (χ0n) is 9.10. The lowest BCUT2D eigenvalue weighted by atomic mass is 9.99. The van der Waals surface area contributed by atoms with Crippen molar-refractivity contribution in [3.05, 3.63) is 0 Å². The summed E-state index contributed by atoms with van der Waals surface area (Å²) in [4.78, 5) is 2.46. The van der Waals surface area contributed by atoms with Crippen LogP contribution in [0.15, 0.2) is 0 Å². The molecule has 0 aromatic carbocycles. The van der Waals surface area contributed by atoms with Crippen molar-refractivity contribution in [1.29, 1.82) is 0 Å². The number of hydrogen-bond acceptors (Lipinski definition) is 4. The molecule has 3 fully saturated rings. The van der Waals surface area contributed by atoms with E-state index in [0.29, 0.717) is 24.2 Å². The molecule has 15 heavy (non-hydrogen) atoms. The highest BCUT2D eigenvalue weighted by Gasteiger charge is 2.41. The first kappa shape index (κ1) is 10.0. The SMILES string of the molecule is NCC1CCN1CC1CC2COCC2O1. The van der Waals surface area contributed by atoms with Gasteiger partial charge in [0.1, 0.15) is 0 Å². The number of rotatable bonds is 3. The van der Waals surface area contributed by atoms with E-state index >= 15 is 0 Å². The highest BCUT2D eigenvalue weighted by Crippen LogP contribution is 2.32. The van der Waals surface area contributed by atoms with Crippen molar-refractivity contribution in [3.8, 4) is 0 Å². The van der Waals surface area contributed by atoms with Gasteiger partial charge >= 0.3 is 0 Å². The van der Waals surface area contributed by atoms with E-state index in [-0.39, 0.29) is 0 Å². The molecular weight excluding hydrogens is 192 g/mol. The van der Waals surface area contributed by atoms with Gasteiger partial charge in [0.15, 0.2) is 0 Å². The molecule has 4 heteroatoms. The molecule has 0 aliphatic carbocycles. The van der Waals surface area contributed by atoms with E-state index in [1.54, 1.807) is 0 Å². The van der Waals surface area contributed by atoms with Crippen molar-refractivity contribution in [2.75, 3.05) is 32.8 Å². The van der Waals surface area contributed by atoms with Gasteiger partial charge in [0.05, 0.1) is 25.4 Å². The molecule has 0 saturated carbocycles. The van der Waals surface area contributed by atoms with Crippen LogP contribution in [0.4, 0.5) is 0 Å². The maximum Gasteiger partial charge on any atom is 0.0863 e. The van der Waals surface area contributed by atoms with Crippen LogP contribution in [0.5, 0.6) is 0 Å². The Morgan fingerprint density at radius 3 is 2.93 bits per heavy atom. The highest BCUT2D eigenvalue weighted by atomic mass is 16.6. The van der Waals surface area contributed by atoms with Crippen LogP contribution in [0.1, 0.15) is 12.8 Å². The van der Waals surface area contributed by atoms with Crippen LogP contribution in [0, 0.1) is 5.92 Å². The van der Waals surface area contributed by atoms with Crippen LogP contribution in [-0.2, 0) is 9.47 Å². The number of nitrogens with two attached hydrogens (primary N) is 1. The molecule has 0 spiro atoms. The summed E-state index contributed by atoms with van der Waals surface area (Å²) < 4.78 is 11.4. The second kappa shape index (κ2) is 4.01. The van der Waals surface area contributed by atoms with Gasteiger partial charge in [-0.25, -0.2) is 0 Å². The third kappa shape index (κ3) is 1.80. The predicted molar refractivity (Wildman–Crippen MR) is 56.6 cm³/mol. The summed E-state index contributed by atoms with van der Waals surface area (Å²) in [6.45, 7) is 4.79. The van der Waals surface area contributed by atoms with Gasteiger partial charge in [0.25, 0.3) is 0 Å². The number of hydrogen-bond donors (Lipinski definition) is 1. The molecule has 3 aliphatic heterocycles. The van der Waals surface area contributed by atoms with Crippen molar-refractivity contribution in [3.63, 3.8) is 0 Å². The summed E-state index contributed by atoms with van der Waals surface area (Å²) in [6, 6.07) is 0.616. The van der Waals surface area contributed by atoms with Crippen molar-refractivity contribution in [2.24, 2.45) is 11.7 Å². The van der Waals surface area contributed by atoms with E-state index in [0.717, 1.165) is 26.3 Å². The molecule has 0 amide bonds. The number of likely N-dealkylation sites (tertiary alicyclic amines) is 1. The van der Waals surface area contributed by atoms with E-state index in [4.69, 9.17) is 15.2 Å². The van der Waals surface area contributed by atoms with Crippen LogP contribution in [0.3, 0.4) is 0 Å². The molecule has 0 aromatic rings. The first-order valence-corrected chi connectivity index (χ1v) is 6.04.